The molecule has 3 nitrogen and oxygen atoms in total. The predicted molar refractivity (Wildman–Crippen MR) is 69.1 cm³/mol. The third kappa shape index (κ3) is 2.71. The van der Waals surface area contributed by atoms with Crippen LogP contribution in [0, 0.1) is 0 Å². The first-order chi connectivity index (χ1) is 8.42. The summed E-state index contributed by atoms with van der Waals surface area (Å²) in [7, 11) is 0. The molecule has 94 valence electrons. The average Bonchev–Trinajstić information content (AvgIpc) is 3.00. The van der Waals surface area contributed by atoms with Crippen molar-refractivity contribution in [3.63, 3.8) is 0 Å². The maximum Gasteiger partial charge on any atom is 0.109 e. The Labute approximate surface area is 103 Å². The molecule has 1 aliphatic carbocycles. The number of hydrogen-bond acceptors (Lipinski definition) is 2. The largest absolute Gasteiger partial charge is 0.346 e. The van der Waals surface area contributed by atoms with Crippen LogP contribution in [0.5, 0.6) is 0 Å². The molecule has 1 atom stereocenters. The Bertz CT molecular complexity index is 346. The van der Waals surface area contributed by atoms with E-state index in [0.717, 1.165) is 6.42 Å². The number of aromatic nitrogens is 2. The lowest BCUT2D eigenvalue weighted by Crippen LogP contribution is -2.35. The summed E-state index contributed by atoms with van der Waals surface area (Å²) < 4.78 is 0. The average molecular weight is 233 g/mol. The highest BCUT2D eigenvalue weighted by atomic mass is 15.0. The van der Waals surface area contributed by atoms with Crippen molar-refractivity contribution in [1.82, 2.24) is 15.3 Å². The van der Waals surface area contributed by atoms with Gasteiger partial charge in [-0.05, 0) is 32.2 Å². The van der Waals surface area contributed by atoms with Crippen LogP contribution < -0.4 is 5.32 Å². The highest BCUT2D eigenvalue weighted by Gasteiger charge is 2.20. The number of nitrogens with zero attached hydrogens (tertiary/aromatic N) is 1. The van der Waals surface area contributed by atoms with Crippen LogP contribution in [-0.2, 0) is 6.42 Å². The van der Waals surface area contributed by atoms with Crippen molar-refractivity contribution in [2.75, 3.05) is 6.54 Å². The predicted octanol–water partition coefficient (Wildman–Crippen LogP) is 2.75. The summed E-state index contributed by atoms with van der Waals surface area (Å²) in [5.74, 6) is 1.95. The fourth-order valence-electron chi connectivity index (χ4n) is 3.25. The molecule has 1 aromatic heterocycles. The van der Waals surface area contributed by atoms with Gasteiger partial charge in [0.2, 0.25) is 0 Å². The minimum absolute atomic E-state index is 0.667. The van der Waals surface area contributed by atoms with E-state index in [4.69, 9.17) is 0 Å². The van der Waals surface area contributed by atoms with Crippen LogP contribution in [0.4, 0.5) is 0 Å². The third-order valence-corrected chi connectivity index (χ3v) is 4.27. The number of rotatable bonds is 3. The van der Waals surface area contributed by atoms with E-state index in [1.165, 1.54) is 63.0 Å². The number of nitrogens with one attached hydrogen (secondary N) is 2. The molecule has 0 aromatic carbocycles. The van der Waals surface area contributed by atoms with Crippen molar-refractivity contribution in [3.8, 4) is 0 Å². The Morgan fingerprint density at radius 3 is 2.71 bits per heavy atom. The van der Waals surface area contributed by atoms with Crippen LogP contribution in [0.2, 0.25) is 0 Å². The molecule has 2 heterocycles. The Hall–Kier alpha value is -0.830. The zero-order valence-corrected chi connectivity index (χ0v) is 10.5. The Kier molecular flexibility index (Phi) is 3.46. The van der Waals surface area contributed by atoms with E-state index in [9.17, 15) is 0 Å². The summed E-state index contributed by atoms with van der Waals surface area (Å²) in [6.45, 7) is 1.19. The van der Waals surface area contributed by atoms with Gasteiger partial charge in [0.1, 0.15) is 5.82 Å². The third-order valence-electron chi connectivity index (χ3n) is 4.27. The standard InChI is InChI=1S/C14H23N3/c1-2-6-11(5-1)14-16-10-13(17-14)9-12-7-3-4-8-15-12/h10-12,15H,1-9H2,(H,16,17). The van der Waals surface area contributed by atoms with E-state index in [2.05, 4.69) is 21.5 Å². The zero-order valence-electron chi connectivity index (χ0n) is 10.5. The Balaban J connectivity index is 1.59. The van der Waals surface area contributed by atoms with Gasteiger partial charge in [0.25, 0.3) is 0 Å². The summed E-state index contributed by atoms with van der Waals surface area (Å²) >= 11 is 0. The lowest BCUT2D eigenvalue weighted by molar-refractivity contribution is 0.397. The molecule has 2 fully saturated rings. The number of aromatic amines is 1. The Morgan fingerprint density at radius 2 is 1.94 bits per heavy atom. The van der Waals surface area contributed by atoms with E-state index in [-0.39, 0.29) is 0 Å². The van der Waals surface area contributed by atoms with Crippen LogP contribution in [0.1, 0.15) is 62.4 Å². The van der Waals surface area contributed by atoms with Gasteiger partial charge in [-0.1, -0.05) is 19.3 Å². The smallest absolute Gasteiger partial charge is 0.109 e. The number of hydrogen-bond donors (Lipinski definition) is 2. The molecule has 3 heteroatoms. The molecule has 2 aliphatic rings. The lowest BCUT2D eigenvalue weighted by Gasteiger charge is -2.22. The van der Waals surface area contributed by atoms with Crippen LogP contribution in [0.25, 0.3) is 0 Å². The van der Waals surface area contributed by atoms with Gasteiger partial charge >= 0.3 is 0 Å². The molecule has 17 heavy (non-hydrogen) atoms. The molecule has 0 radical (unpaired) electrons. The van der Waals surface area contributed by atoms with Gasteiger partial charge in [-0.2, -0.15) is 0 Å². The molecule has 1 unspecified atom stereocenters. The van der Waals surface area contributed by atoms with Gasteiger partial charge in [0.15, 0.2) is 0 Å². The molecule has 2 N–H and O–H groups in total. The minimum atomic E-state index is 0.667. The molecular formula is C14H23N3. The van der Waals surface area contributed by atoms with Gasteiger partial charge < -0.3 is 10.3 Å². The maximum atomic E-state index is 4.58. The van der Waals surface area contributed by atoms with E-state index in [1.807, 2.05) is 0 Å². The van der Waals surface area contributed by atoms with E-state index < -0.39 is 0 Å². The van der Waals surface area contributed by atoms with E-state index in [0.29, 0.717) is 12.0 Å². The van der Waals surface area contributed by atoms with Crippen LogP contribution >= 0.6 is 0 Å². The summed E-state index contributed by atoms with van der Waals surface area (Å²) in [6.07, 6.45) is 12.6. The van der Waals surface area contributed by atoms with Crippen molar-refractivity contribution in [1.29, 1.82) is 0 Å². The number of imidazole rings is 1. The highest BCUT2D eigenvalue weighted by molar-refractivity contribution is 5.08. The monoisotopic (exact) mass is 233 g/mol. The highest BCUT2D eigenvalue weighted by Crippen LogP contribution is 2.32. The van der Waals surface area contributed by atoms with Crippen LogP contribution in [-0.4, -0.2) is 22.6 Å². The molecule has 1 aliphatic heterocycles. The molecule has 1 saturated heterocycles. The fourth-order valence-corrected chi connectivity index (χ4v) is 3.25. The maximum absolute atomic E-state index is 4.58. The van der Waals surface area contributed by atoms with Crippen molar-refractivity contribution >= 4 is 0 Å². The molecule has 0 bridgehead atoms. The van der Waals surface area contributed by atoms with E-state index in [1.54, 1.807) is 0 Å². The molecular weight excluding hydrogens is 210 g/mol. The van der Waals surface area contributed by atoms with Gasteiger partial charge in [-0.3, -0.25) is 0 Å². The molecule has 1 aromatic rings. The van der Waals surface area contributed by atoms with Crippen molar-refractivity contribution in [3.05, 3.63) is 17.7 Å². The first-order valence-electron chi connectivity index (χ1n) is 7.19. The first kappa shape index (κ1) is 11.3. The summed E-state index contributed by atoms with van der Waals surface area (Å²) in [6, 6.07) is 0.667. The summed E-state index contributed by atoms with van der Waals surface area (Å²) in [5.41, 5.74) is 1.33. The van der Waals surface area contributed by atoms with Crippen LogP contribution in [0.3, 0.4) is 0 Å². The lowest BCUT2D eigenvalue weighted by atomic mass is 10.0. The number of piperidine rings is 1. The quantitative estimate of drug-likeness (QED) is 0.843. The van der Waals surface area contributed by atoms with Crippen LogP contribution in [0.15, 0.2) is 6.20 Å². The van der Waals surface area contributed by atoms with Gasteiger partial charge in [-0.25, -0.2) is 4.98 Å². The second kappa shape index (κ2) is 5.21. The first-order valence-corrected chi connectivity index (χ1v) is 7.19. The summed E-state index contributed by atoms with van der Waals surface area (Å²) in [5, 5.41) is 3.60. The topological polar surface area (TPSA) is 40.7 Å². The summed E-state index contributed by atoms with van der Waals surface area (Å²) in [4.78, 5) is 8.13. The van der Waals surface area contributed by atoms with Crippen molar-refractivity contribution in [2.45, 2.75) is 63.3 Å². The Morgan fingerprint density at radius 1 is 1.12 bits per heavy atom. The number of H-pyrrole nitrogens is 1. The van der Waals surface area contributed by atoms with Gasteiger partial charge in [0, 0.05) is 30.3 Å². The van der Waals surface area contributed by atoms with Gasteiger partial charge in [0.05, 0.1) is 0 Å². The molecule has 0 amide bonds. The van der Waals surface area contributed by atoms with Crippen molar-refractivity contribution in [2.24, 2.45) is 0 Å². The second-order valence-corrected chi connectivity index (χ2v) is 5.63. The SMILES string of the molecule is c1nc(C2CCCC2)[nH]c1CC1CCCCN1. The normalized spacial score (nSPS) is 26.5. The minimum Gasteiger partial charge on any atom is -0.346 e. The molecule has 3 rings (SSSR count). The molecule has 0 spiro atoms. The van der Waals surface area contributed by atoms with Gasteiger partial charge in [-0.15, -0.1) is 0 Å². The van der Waals surface area contributed by atoms with E-state index >= 15 is 0 Å². The molecule has 1 saturated carbocycles. The second-order valence-electron chi connectivity index (χ2n) is 5.63. The fraction of sp³-hybridized carbons (Fsp3) is 0.786. The zero-order chi connectivity index (χ0) is 11.5. The van der Waals surface area contributed by atoms with Crippen molar-refractivity contribution < 1.29 is 0 Å².